The maximum absolute atomic E-state index is 12.8. The van der Waals surface area contributed by atoms with E-state index in [4.69, 9.17) is 21.1 Å². The minimum absolute atomic E-state index is 0.294. The normalized spacial score (nSPS) is 10.9. The summed E-state index contributed by atoms with van der Waals surface area (Å²) in [7, 11) is 0. The third-order valence-corrected chi connectivity index (χ3v) is 6.35. The van der Waals surface area contributed by atoms with Crippen molar-refractivity contribution in [2.45, 2.75) is 0 Å². The van der Waals surface area contributed by atoms with Gasteiger partial charge in [-0.1, -0.05) is 54.6 Å². The minimum atomic E-state index is -0.560. The average Bonchev–Trinajstić information content (AvgIpc) is 3.20. The van der Waals surface area contributed by atoms with Gasteiger partial charge in [0.15, 0.2) is 0 Å². The van der Waals surface area contributed by atoms with Gasteiger partial charge >= 0.3 is 5.97 Å². The highest BCUT2D eigenvalue weighted by molar-refractivity contribution is 7.21. The van der Waals surface area contributed by atoms with Gasteiger partial charge in [-0.2, -0.15) is 5.10 Å². The molecule has 0 spiro atoms. The van der Waals surface area contributed by atoms with Crippen LogP contribution < -0.4 is 14.9 Å². The number of esters is 1. The number of thiophene rings is 1. The summed E-state index contributed by atoms with van der Waals surface area (Å²) < 4.78 is 11.9. The zero-order valence-electron chi connectivity index (χ0n) is 17.9. The number of ether oxygens (including phenoxy) is 2. The molecule has 6 nitrogen and oxygen atoms in total. The monoisotopic (exact) mass is 490 g/mol. The van der Waals surface area contributed by atoms with Gasteiger partial charge in [-0.05, 0) is 42.5 Å². The first-order valence-electron chi connectivity index (χ1n) is 10.2. The molecule has 0 aliphatic carbocycles. The summed E-state index contributed by atoms with van der Waals surface area (Å²) in [5, 5.41) is 5.17. The number of hydrazone groups is 1. The van der Waals surface area contributed by atoms with Gasteiger partial charge in [0.1, 0.15) is 23.0 Å². The Morgan fingerprint density at radius 3 is 2.53 bits per heavy atom. The topological polar surface area (TPSA) is 77.0 Å². The van der Waals surface area contributed by atoms with Gasteiger partial charge in [-0.25, -0.2) is 10.2 Å². The fourth-order valence-electron chi connectivity index (χ4n) is 3.05. The molecular formula is C26H19ClN2O4S. The van der Waals surface area contributed by atoms with E-state index in [1.54, 1.807) is 54.6 Å². The lowest BCUT2D eigenvalue weighted by atomic mass is 10.2. The van der Waals surface area contributed by atoms with Crippen molar-refractivity contribution >= 4 is 51.1 Å². The van der Waals surface area contributed by atoms with Crippen molar-refractivity contribution in [2.75, 3.05) is 6.61 Å². The number of nitrogens with one attached hydrogen (secondary N) is 1. The summed E-state index contributed by atoms with van der Waals surface area (Å²) in [4.78, 5) is 25.5. The van der Waals surface area contributed by atoms with Crippen molar-refractivity contribution in [3.8, 4) is 11.5 Å². The SMILES string of the molecule is C=CCOc1ccc(C(=O)N/N=C\c2ccccc2OC(=O)c2sc3ccccc3c2Cl)cc1. The summed E-state index contributed by atoms with van der Waals surface area (Å²) in [6.07, 6.45) is 3.05. The molecule has 1 heterocycles. The smallest absolute Gasteiger partial charge is 0.355 e. The predicted octanol–water partition coefficient (Wildman–Crippen LogP) is 6.10. The van der Waals surface area contributed by atoms with Crippen LogP contribution in [0, 0.1) is 0 Å². The van der Waals surface area contributed by atoms with Crippen molar-refractivity contribution in [3.05, 3.63) is 106 Å². The molecule has 0 aliphatic rings. The summed E-state index contributed by atoms with van der Waals surface area (Å²) >= 11 is 7.66. The zero-order valence-corrected chi connectivity index (χ0v) is 19.4. The van der Waals surface area contributed by atoms with Crippen LogP contribution >= 0.6 is 22.9 Å². The number of amides is 1. The van der Waals surface area contributed by atoms with Crippen LogP contribution in [-0.2, 0) is 0 Å². The average molecular weight is 491 g/mol. The quantitative estimate of drug-likeness (QED) is 0.106. The van der Waals surface area contributed by atoms with E-state index >= 15 is 0 Å². The van der Waals surface area contributed by atoms with Crippen molar-refractivity contribution in [2.24, 2.45) is 5.10 Å². The van der Waals surface area contributed by atoms with E-state index in [1.165, 1.54) is 17.6 Å². The maximum atomic E-state index is 12.8. The highest BCUT2D eigenvalue weighted by Crippen LogP contribution is 2.36. The van der Waals surface area contributed by atoms with Crippen molar-refractivity contribution in [3.63, 3.8) is 0 Å². The summed E-state index contributed by atoms with van der Waals surface area (Å²) in [5.74, 6) is -0.0231. The summed E-state index contributed by atoms with van der Waals surface area (Å²) in [6, 6.07) is 21.0. The van der Waals surface area contributed by atoms with E-state index in [0.29, 0.717) is 39.1 Å². The molecule has 34 heavy (non-hydrogen) atoms. The Hall–Kier alpha value is -3.94. The Balaban J connectivity index is 1.43. The molecule has 4 aromatic rings. The number of fused-ring (bicyclic) bond motifs is 1. The highest BCUT2D eigenvalue weighted by Gasteiger charge is 2.19. The molecule has 0 saturated heterocycles. The largest absolute Gasteiger partial charge is 0.490 e. The molecule has 4 rings (SSSR count). The molecule has 0 atom stereocenters. The molecule has 3 aromatic carbocycles. The molecule has 1 aromatic heterocycles. The highest BCUT2D eigenvalue weighted by atomic mass is 35.5. The molecule has 0 saturated carbocycles. The molecule has 1 amide bonds. The van der Waals surface area contributed by atoms with Gasteiger partial charge in [-0.15, -0.1) is 11.3 Å². The van der Waals surface area contributed by atoms with Crippen LogP contribution in [-0.4, -0.2) is 24.7 Å². The number of para-hydroxylation sites is 1. The minimum Gasteiger partial charge on any atom is -0.490 e. The molecule has 1 N–H and O–H groups in total. The second-order valence-electron chi connectivity index (χ2n) is 6.99. The van der Waals surface area contributed by atoms with Crippen molar-refractivity contribution in [1.82, 2.24) is 5.43 Å². The Bertz CT molecular complexity index is 1380. The molecular weight excluding hydrogens is 472 g/mol. The lowest BCUT2D eigenvalue weighted by molar-refractivity contribution is 0.0739. The molecule has 0 unspecified atom stereocenters. The van der Waals surface area contributed by atoms with Crippen LogP contribution in [0.3, 0.4) is 0 Å². The maximum Gasteiger partial charge on any atom is 0.355 e. The molecule has 0 fully saturated rings. The van der Waals surface area contributed by atoms with E-state index in [0.717, 1.165) is 10.1 Å². The predicted molar refractivity (Wildman–Crippen MR) is 135 cm³/mol. The molecule has 0 aliphatic heterocycles. The van der Waals surface area contributed by atoms with E-state index in [9.17, 15) is 9.59 Å². The fraction of sp³-hybridized carbons (Fsp3) is 0.0385. The number of carbonyl (C=O) groups is 2. The van der Waals surface area contributed by atoms with Gasteiger partial charge < -0.3 is 9.47 Å². The van der Waals surface area contributed by atoms with Gasteiger partial charge in [0, 0.05) is 21.2 Å². The number of hydrogen-bond donors (Lipinski definition) is 1. The number of nitrogens with zero attached hydrogens (tertiary/aromatic N) is 1. The van der Waals surface area contributed by atoms with Gasteiger partial charge in [-0.3, -0.25) is 4.79 Å². The first-order chi connectivity index (χ1) is 16.6. The fourth-order valence-corrected chi connectivity index (χ4v) is 4.44. The van der Waals surface area contributed by atoms with E-state index in [2.05, 4.69) is 17.1 Å². The van der Waals surface area contributed by atoms with Gasteiger partial charge in [0.05, 0.1) is 11.2 Å². The molecule has 170 valence electrons. The molecule has 8 heteroatoms. The second kappa shape index (κ2) is 10.8. The summed E-state index contributed by atoms with van der Waals surface area (Å²) in [5.41, 5.74) is 3.40. The third-order valence-electron chi connectivity index (χ3n) is 4.70. The first kappa shape index (κ1) is 23.2. The third kappa shape index (κ3) is 5.33. The van der Waals surface area contributed by atoms with Crippen LogP contribution in [0.5, 0.6) is 11.5 Å². The van der Waals surface area contributed by atoms with Crippen LogP contribution in [0.15, 0.2) is 90.6 Å². The van der Waals surface area contributed by atoms with Gasteiger partial charge in [0.25, 0.3) is 5.91 Å². The number of rotatable bonds is 8. The Morgan fingerprint density at radius 2 is 1.76 bits per heavy atom. The Morgan fingerprint density at radius 1 is 1.03 bits per heavy atom. The van der Waals surface area contributed by atoms with Gasteiger partial charge in [0.2, 0.25) is 0 Å². The number of benzene rings is 3. The van der Waals surface area contributed by atoms with Crippen LogP contribution in [0.1, 0.15) is 25.6 Å². The van der Waals surface area contributed by atoms with Crippen LogP contribution in [0.25, 0.3) is 10.1 Å². The van der Waals surface area contributed by atoms with E-state index in [-0.39, 0.29) is 0 Å². The number of hydrogen-bond acceptors (Lipinski definition) is 6. The van der Waals surface area contributed by atoms with Crippen molar-refractivity contribution < 1.29 is 19.1 Å². The Kier molecular flexibility index (Phi) is 7.37. The second-order valence-corrected chi connectivity index (χ2v) is 8.42. The molecule has 0 radical (unpaired) electrons. The lowest BCUT2D eigenvalue weighted by Crippen LogP contribution is -2.17. The number of halogens is 1. The van der Waals surface area contributed by atoms with Crippen molar-refractivity contribution in [1.29, 1.82) is 0 Å². The molecule has 0 bridgehead atoms. The number of carbonyl (C=O) groups excluding carboxylic acids is 2. The lowest BCUT2D eigenvalue weighted by Gasteiger charge is -2.07. The standard InChI is InChI=1S/C26H19ClN2O4S/c1-2-15-32-19-13-11-17(12-14-19)25(30)29-28-16-18-7-3-5-9-21(18)33-26(31)24-23(27)20-8-4-6-10-22(20)34-24/h2-14,16H,1,15H2,(H,29,30)/b28-16-. The van der Waals surface area contributed by atoms with E-state index < -0.39 is 11.9 Å². The zero-order chi connectivity index (χ0) is 23.9. The van der Waals surface area contributed by atoms with Crippen LogP contribution in [0.4, 0.5) is 0 Å². The first-order valence-corrected chi connectivity index (χ1v) is 11.4. The Labute approximate surface area is 205 Å². The van der Waals surface area contributed by atoms with E-state index in [1.807, 2.05) is 24.3 Å². The summed E-state index contributed by atoms with van der Waals surface area (Å²) in [6.45, 7) is 3.98. The van der Waals surface area contributed by atoms with Crippen LogP contribution in [0.2, 0.25) is 5.02 Å².